The minimum atomic E-state index is 0.724. The maximum atomic E-state index is 2.68. The number of hydrogen-bond acceptors (Lipinski definition) is 2. The van der Waals surface area contributed by atoms with Crippen molar-refractivity contribution in [1.29, 1.82) is 0 Å². The molecule has 144 valence electrons. The molecule has 0 aromatic rings. The molecule has 1 aliphatic heterocycles. The van der Waals surface area contributed by atoms with Gasteiger partial charge in [-0.1, -0.05) is 78.1 Å². The molecule has 1 rings (SSSR count). The molecule has 2 nitrogen and oxygen atoms in total. The topological polar surface area (TPSA) is 6.48 Å². The zero-order valence-electron chi connectivity index (χ0n) is 17.4. The highest BCUT2D eigenvalue weighted by atomic mass is 15.3. The number of hydrogen-bond donors (Lipinski definition) is 0. The van der Waals surface area contributed by atoms with Crippen molar-refractivity contribution in [1.82, 2.24) is 9.80 Å². The highest BCUT2D eigenvalue weighted by molar-refractivity contribution is 4.74. The highest BCUT2D eigenvalue weighted by Gasteiger charge is 2.17. The summed E-state index contributed by atoms with van der Waals surface area (Å²) in [6, 6.07) is 0.724. The predicted molar refractivity (Wildman–Crippen MR) is 109 cm³/mol. The quantitative estimate of drug-likeness (QED) is 0.361. The molecule has 0 atom stereocenters. The summed E-state index contributed by atoms with van der Waals surface area (Å²) in [4.78, 5) is 5.29. The number of piperazine rings is 1. The third-order valence-corrected chi connectivity index (χ3v) is 5.64. The molecular formula is C22H46N2. The Morgan fingerprint density at radius 1 is 0.583 bits per heavy atom. The van der Waals surface area contributed by atoms with Crippen LogP contribution in [-0.4, -0.2) is 48.6 Å². The monoisotopic (exact) mass is 338 g/mol. The average molecular weight is 339 g/mol. The smallest absolute Gasteiger partial charge is 0.0113 e. The summed E-state index contributed by atoms with van der Waals surface area (Å²) in [5, 5.41) is 0. The summed E-state index contributed by atoms with van der Waals surface area (Å²) < 4.78 is 0. The average Bonchev–Trinajstić information content (AvgIpc) is 2.56. The molecule has 1 saturated heterocycles. The molecule has 0 aromatic heterocycles. The van der Waals surface area contributed by atoms with Gasteiger partial charge < -0.3 is 4.90 Å². The molecule has 0 N–H and O–H groups in total. The molecule has 1 aliphatic rings. The second-order valence-electron chi connectivity index (χ2n) is 8.69. The summed E-state index contributed by atoms with van der Waals surface area (Å²) in [5.74, 6) is 0.893. The van der Waals surface area contributed by atoms with Gasteiger partial charge in [0.15, 0.2) is 0 Å². The van der Waals surface area contributed by atoms with Crippen molar-refractivity contribution in [2.75, 3.05) is 32.7 Å². The Bertz CT molecular complexity index is 267. The second-order valence-corrected chi connectivity index (χ2v) is 8.69. The van der Waals surface area contributed by atoms with E-state index in [0.29, 0.717) is 0 Å². The lowest BCUT2D eigenvalue weighted by atomic mass is 10.0. The fraction of sp³-hybridized carbons (Fsp3) is 1.00. The van der Waals surface area contributed by atoms with Gasteiger partial charge in [-0.2, -0.15) is 0 Å². The van der Waals surface area contributed by atoms with Gasteiger partial charge in [0.1, 0.15) is 0 Å². The van der Waals surface area contributed by atoms with E-state index in [0.717, 1.165) is 12.0 Å². The van der Waals surface area contributed by atoms with Crippen molar-refractivity contribution in [2.24, 2.45) is 5.92 Å². The lowest BCUT2D eigenvalue weighted by molar-refractivity contribution is 0.107. The van der Waals surface area contributed by atoms with E-state index in [1.807, 2.05) is 0 Å². The van der Waals surface area contributed by atoms with Crippen LogP contribution >= 0.6 is 0 Å². The summed E-state index contributed by atoms with van der Waals surface area (Å²) in [6.45, 7) is 15.8. The first-order valence-corrected chi connectivity index (χ1v) is 11.1. The molecule has 0 aliphatic carbocycles. The van der Waals surface area contributed by atoms with Crippen molar-refractivity contribution >= 4 is 0 Å². The van der Waals surface area contributed by atoms with Crippen LogP contribution < -0.4 is 0 Å². The molecule has 2 heteroatoms. The van der Waals surface area contributed by atoms with Crippen molar-refractivity contribution < 1.29 is 0 Å². The van der Waals surface area contributed by atoms with Gasteiger partial charge in [0, 0.05) is 32.2 Å². The van der Waals surface area contributed by atoms with Crippen LogP contribution in [0.2, 0.25) is 0 Å². The maximum Gasteiger partial charge on any atom is 0.0113 e. The molecule has 0 bridgehead atoms. The van der Waals surface area contributed by atoms with E-state index in [2.05, 4.69) is 37.5 Å². The molecule has 0 radical (unpaired) electrons. The molecule has 0 spiro atoms. The zero-order chi connectivity index (χ0) is 17.6. The van der Waals surface area contributed by atoms with Crippen LogP contribution in [0.1, 0.15) is 98.3 Å². The van der Waals surface area contributed by atoms with Crippen LogP contribution in [0.15, 0.2) is 0 Å². The molecule has 1 fully saturated rings. The predicted octanol–water partition coefficient (Wildman–Crippen LogP) is 5.96. The molecule has 1 heterocycles. The molecule has 0 aromatic carbocycles. The van der Waals surface area contributed by atoms with Crippen LogP contribution in [0.25, 0.3) is 0 Å². The molecule has 0 amide bonds. The first kappa shape index (κ1) is 22.0. The van der Waals surface area contributed by atoms with Gasteiger partial charge in [0.2, 0.25) is 0 Å². The Kier molecular flexibility index (Phi) is 12.9. The summed E-state index contributed by atoms with van der Waals surface area (Å²) >= 11 is 0. The van der Waals surface area contributed by atoms with Gasteiger partial charge in [0.25, 0.3) is 0 Å². The summed E-state index contributed by atoms with van der Waals surface area (Å²) in [5.41, 5.74) is 0. The minimum Gasteiger partial charge on any atom is -0.301 e. The second kappa shape index (κ2) is 14.1. The Balaban J connectivity index is 1.78. The third kappa shape index (κ3) is 11.5. The standard InChI is InChI=1S/C22H46N2/c1-21(2)15-13-11-9-7-5-6-8-10-12-14-16-23-17-19-24(20-18-23)22(3)4/h21-22H,5-20H2,1-4H3. The largest absolute Gasteiger partial charge is 0.301 e. The van der Waals surface area contributed by atoms with E-state index in [9.17, 15) is 0 Å². The first-order chi connectivity index (χ1) is 11.6. The Morgan fingerprint density at radius 2 is 1.04 bits per heavy atom. The van der Waals surface area contributed by atoms with Gasteiger partial charge in [-0.3, -0.25) is 4.90 Å². The van der Waals surface area contributed by atoms with E-state index in [1.54, 1.807) is 0 Å². The normalized spacial score (nSPS) is 17.2. The molecular weight excluding hydrogens is 292 g/mol. The van der Waals surface area contributed by atoms with Crippen LogP contribution in [0.4, 0.5) is 0 Å². The number of nitrogens with zero attached hydrogens (tertiary/aromatic N) is 2. The van der Waals surface area contributed by atoms with E-state index in [1.165, 1.54) is 103 Å². The summed E-state index contributed by atoms with van der Waals surface area (Å²) in [6.07, 6.45) is 16.0. The Hall–Kier alpha value is -0.0800. The zero-order valence-corrected chi connectivity index (χ0v) is 17.4. The fourth-order valence-corrected chi connectivity index (χ4v) is 3.81. The molecule has 24 heavy (non-hydrogen) atoms. The van der Waals surface area contributed by atoms with E-state index in [-0.39, 0.29) is 0 Å². The Labute approximate surface area is 153 Å². The lowest BCUT2D eigenvalue weighted by Crippen LogP contribution is -2.48. The maximum absolute atomic E-state index is 2.68. The van der Waals surface area contributed by atoms with Gasteiger partial charge in [-0.25, -0.2) is 0 Å². The van der Waals surface area contributed by atoms with Crippen LogP contribution in [-0.2, 0) is 0 Å². The van der Waals surface area contributed by atoms with Gasteiger partial charge in [-0.15, -0.1) is 0 Å². The number of rotatable bonds is 14. The van der Waals surface area contributed by atoms with Crippen LogP contribution in [0.5, 0.6) is 0 Å². The molecule has 0 unspecified atom stereocenters. The third-order valence-electron chi connectivity index (χ3n) is 5.64. The van der Waals surface area contributed by atoms with E-state index >= 15 is 0 Å². The van der Waals surface area contributed by atoms with Crippen LogP contribution in [0, 0.1) is 5.92 Å². The Morgan fingerprint density at radius 3 is 1.50 bits per heavy atom. The van der Waals surface area contributed by atoms with Crippen molar-refractivity contribution in [3.63, 3.8) is 0 Å². The summed E-state index contributed by atoms with van der Waals surface area (Å²) in [7, 11) is 0. The van der Waals surface area contributed by atoms with Crippen molar-refractivity contribution in [3.05, 3.63) is 0 Å². The SMILES string of the molecule is CC(C)CCCCCCCCCCCCN1CCN(C(C)C)CC1. The minimum absolute atomic E-state index is 0.724. The number of unbranched alkanes of at least 4 members (excludes halogenated alkanes) is 9. The van der Waals surface area contributed by atoms with Crippen molar-refractivity contribution in [3.8, 4) is 0 Å². The van der Waals surface area contributed by atoms with E-state index in [4.69, 9.17) is 0 Å². The highest BCUT2D eigenvalue weighted by Crippen LogP contribution is 2.14. The molecule has 0 saturated carbocycles. The lowest BCUT2D eigenvalue weighted by Gasteiger charge is -2.36. The fourth-order valence-electron chi connectivity index (χ4n) is 3.81. The first-order valence-electron chi connectivity index (χ1n) is 11.1. The van der Waals surface area contributed by atoms with E-state index < -0.39 is 0 Å². The van der Waals surface area contributed by atoms with Gasteiger partial charge >= 0.3 is 0 Å². The van der Waals surface area contributed by atoms with Gasteiger partial charge in [0.05, 0.1) is 0 Å². The van der Waals surface area contributed by atoms with Crippen LogP contribution in [0.3, 0.4) is 0 Å². The van der Waals surface area contributed by atoms with Gasteiger partial charge in [-0.05, 0) is 32.7 Å². The van der Waals surface area contributed by atoms with Crippen molar-refractivity contribution in [2.45, 2.75) is 104 Å².